The SMILES string of the molecule is CS(=O)(=O)CC(O)COc1cccc(C(F)(F)F)c1. The van der Waals surface area contributed by atoms with Crippen LogP contribution in [0.3, 0.4) is 0 Å². The van der Waals surface area contributed by atoms with E-state index in [-0.39, 0.29) is 5.75 Å². The molecule has 0 aromatic heterocycles. The maximum Gasteiger partial charge on any atom is 0.416 e. The van der Waals surface area contributed by atoms with Gasteiger partial charge in [-0.3, -0.25) is 0 Å². The van der Waals surface area contributed by atoms with Gasteiger partial charge in [0.25, 0.3) is 0 Å². The largest absolute Gasteiger partial charge is 0.491 e. The van der Waals surface area contributed by atoms with Gasteiger partial charge in [-0.2, -0.15) is 13.2 Å². The number of hydrogen-bond acceptors (Lipinski definition) is 4. The van der Waals surface area contributed by atoms with Crippen LogP contribution in [0, 0.1) is 0 Å². The van der Waals surface area contributed by atoms with E-state index in [0.717, 1.165) is 18.4 Å². The molecule has 0 fully saturated rings. The molecule has 19 heavy (non-hydrogen) atoms. The fraction of sp³-hybridized carbons (Fsp3) is 0.455. The number of aliphatic hydroxyl groups excluding tert-OH is 1. The number of alkyl halides is 3. The van der Waals surface area contributed by atoms with Crippen molar-refractivity contribution in [1.29, 1.82) is 0 Å². The maximum atomic E-state index is 12.4. The summed E-state index contributed by atoms with van der Waals surface area (Å²) in [6.45, 7) is -0.394. The number of ether oxygens (including phenoxy) is 1. The van der Waals surface area contributed by atoms with Crippen LogP contribution in [0.1, 0.15) is 5.56 Å². The molecule has 1 unspecified atom stereocenters. The lowest BCUT2D eigenvalue weighted by Crippen LogP contribution is -2.26. The van der Waals surface area contributed by atoms with Crippen molar-refractivity contribution in [3.63, 3.8) is 0 Å². The van der Waals surface area contributed by atoms with E-state index >= 15 is 0 Å². The Bertz CT molecular complexity index is 525. The van der Waals surface area contributed by atoms with E-state index in [1.165, 1.54) is 12.1 Å². The van der Waals surface area contributed by atoms with E-state index in [4.69, 9.17) is 4.74 Å². The topological polar surface area (TPSA) is 63.6 Å². The normalized spacial score (nSPS) is 14.2. The van der Waals surface area contributed by atoms with E-state index in [1.807, 2.05) is 0 Å². The first kappa shape index (κ1) is 15.8. The van der Waals surface area contributed by atoms with Gasteiger partial charge in [0.15, 0.2) is 0 Å². The second kappa shape index (κ2) is 5.79. The molecule has 0 heterocycles. The van der Waals surface area contributed by atoms with Crippen LogP contribution in [0.5, 0.6) is 5.75 Å². The quantitative estimate of drug-likeness (QED) is 0.894. The molecule has 0 saturated carbocycles. The molecule has 0 bridgehead atoms. The van der Waals surface area contributed by atoms with Gasteiger partial charge in [-0.25, -0.2) is 8.42 Å². The smallest absolute Gasteiger partial charge is 0.416 e. The van der Waals surface area contributed by atoms with Gasteiger partial charge in [0.1, 0.15) is 28.3 Å². The minimum absolute atomic E-state index is 0.0811. The number of halogens is 3. The van der Waals surface area contributed by atoms with Gasteiger partial charge >= 0.3 is 6.18 Å². The predicted molar refractivity (Wildman–Crippen MR) is 62.7 cm³/mol. The molecule has 1 atom stereocenters. The van der Waals surface area contributed by atoms with E-state index in [2.05, 4.69) is 0 Å². The van der Waals surface area contributed by atoms with Crippen LogP contribution in [0.2, 0.25) is 0 Å². The molecule has 1 N–H and O–H groups in total. The highest BCUT2D eigenvalue weighted by atomic mass is 32.2. The molecule has 0 saturated heterocycles. The molecule has 0 aliphatic carbocycles. The van der Waals surface area contributed by atoms with E-state index in [0.29, 0.717) is 0 Å². The van der Waals surface area contributed by atoms with Gasteiger partial charge in [-0.1, -0.05) is 6.07 Å². The van der Waals surface area contributed by atoms with E-state index in [1.54, 1.807) is 0 Å². The number of hydrogen-bond donors (Lipinski definition) is 1. The zero-order valence-corrected chi connectivity index (χ0v) is 10.8. The second-order valence-corrected chi connectivity index (χ2v) is 6.27. The number of benzene rings is 1. The number of sulfone groups is 1. The monoisotopic (exact) mass is 298 g/mol. The summed E-state index contributed by atoms with van der Waals surface area (Å²) in [7, 11) is -3.37. The average molecular weight is 298 g/mol. The van der Waals surface area contributed by atoms with Crippen molar-refractivity contribution in [1.82, 2.24) is 0 Å². The minimum atomic E-state index is -4.48. The lowest BCUT2D eigenvalue weighted by molar-refractivity contribution is -0.137. The third-order valence-electron chi connectivity index (χ3n) is 2.10. The molecule has 0 radical (unpaired) electrons. The Hall–Kier alpha value is -1.28. The maximum absolute atomic E-state index is 12.4. The van der Waals surface area contributed by atoms with Gasteiger partial charge in [0.2, 0.25) is 0 Å². The van der Waals surface area contributed by atoms with Crippen molar-refractivity contribution < 1.29 is 31.4 Å². The summed E-state index contributed by atoms with van der Waals surface area (Å²) in [6, 6.07) is 4.14. The number of rotatable bonds is 5. The third kappa shape index (κ3) is 5.93. The van der Waals surface area contributed by atoms with Gasteiger partial charge in [-0.15, -0.1) is 0 Å². The van der Waals surface area contributed by atoms with Crippen molar-refractivity contribution in [2.45, 2.75) is 12.3 Å². The van der Waals surface area contributed by atoms with Crippen LogP contribution >= 0.6 is 0 Å². The Kier molecular flexibility index (Phi) is 4.81. The Balaban J connectivity index is 2.64. The molecule has 0 amide bonds. The highest BCUT2D eigenvalue weighted by Gasteiger charge is 2.30. The number of aliphatic hydroxyl groups is 1. The van der Waals surface area contributed by atoms with Crippen molar-refractivity contribution in [2.75, 3.05) is 18.6 Å². The lowest BCUT2D eigenvalue weighted by Gasteiger charge is -2.13. The van der Waals surface area contributed by atoms with Crippen molar-refractivity contribution in [2.24, 2.45) is 0 Å². The molecule has 0 spiro atoms. The summed E-state index contributed by atoms with van der Waals surface area (Å²) in [5.74, 6) is -0.589. The Morgan fingerprint density at radius 2 is 2.00 bits per heavy atom. The van der Waals surface area contributed by atoms with E-state index in [9.17, 15) is 26.7 Å². The van der Waals surface area contributed by atoms with Crippen LogP contribution in [-0.2, 0) is 16.0 Å². The standard InChI is InChI=1S/C11H13F3O4S/c1-19(16,17)7-9(15)6-18-10-4-2-3-8(5-10)11(12,13)14/h2-5,9,15H,6-7H2,1H3. The molecule has 1 aromatic carbocycles. The van der Waals surface area contributed by atoms with Crippen LogP contribution in [0.4, 0.5) is 13.2 Å². The fourth-order valence-electron chi connectivity index (χ4n) is 1.35. The first-order valence-electron chi connectivity index (χ1n) is 5.24. The molecular formula is C11H13F3O4S. The molecule has 1 rings (SSSR count). The molecule has 0 aliphatic rings. The van der Waals surface area contributed by atoms with Crippen molar-refractivity contribution >= 4 is 9.84 Å². The van der Waals surface area contributed by atoms with Crippen LogP contribution < -0.4 is 4.74 Å². The zero-order chi connectivity index (χ0) is 14.7. The highest BCUT2D eigenvalue weighted by molar-refractivity contribution is 7.90. The molecule has 8 heteroatoms. The Morgan fingerprint density at radius 3 is 2.53 bits per heavy atom. The van der Waals surface area contributed by atoms with Crippen LogP contribution in [-0.4, -0.2) is 38.2 Å². The molecule has 4 nitrogen and oxygen atoms in total. The fourth-order valence-corrected chi connectivity index (χ4v) is 2.15. The first-order chi connectivity index (χ1) is 8.58. The Morgan fingerprint density at radius 1 is 1.37 bits per heavy atom. The summed E-state index contributed by atoms with van der Waals surface area (Å²) in [5.41, 5.74) is -0.873. The summed E-state index contributed by atoms with van der Waals surface area (Å²) in [5, 5.41) is 9.35. The van der Waals surface area contributed by atoms with Gasteiger partial charge in [0, 0.05) is 6.26 Å². The average Bonchev–Trinajstić information content (AvgIpc) is 2.23. The Labute approximate surface area is 108 Å². The molecule has 0 aliphatic heterocycles. The van der Waals surface area contributed by atoms with Crippen LogP contribution in [0.15, 0.2) is 24.3 Å². The zero-order valence-electron chi connectivity index (χ0n) is 10.0. The summed E-state index contributed by atoms with van der Waals surface area (Å²) >= 11 is 0. The predicted octanol–water partition coefficient (Wildman–Crippen LogP) is 1.49. The summed E-state index contributed by atoms with van der Waals surface area (Å²) < 4.78 is 63.9. The highest BCUT2D eigenvalue weighted by Crippen LogP contribution is 2.31. The minimum Gasteiger partial charge on any atom is -0.491 e. The van der Waals surface area contributed by atoms with E-state index < -0.39 is 40.0 Å². The van der Waals surface area contributed by atoms with Gasteiger partial charge in [0.05, 0.1) is 11.3 Å². The third-order valence-corrected chi connectivity index (χ3v) is 3.09. The molecule has 108 valence electrons. The van der Waals surface area contributed by atoms with Gasteiger partial charge < -0.3 is 9.84 Å². The first-order valence-corrected chi connectivity index (χ1v) is 7.30. The lowest BCUT2D eigenvalue weighted by atomic mass is 10.2. The van der Waals surface area contributed by atoms with Gasteiger partial charge in [-0.05, 0) is 18.2 Å². The van der Waals surface area contributed by atoms with Crippen molar-refractivity contribution in [3.05, 3.63) is 29.8 Å². The molecule has 1 aromatic rings. The van der Waals surface area contributed by atoms with Crippen LogP contribution in [0.25, 0.3) is 0 Å². The summed E-state index contributed by atoms with van der Waals surface area (Å²) in [6.07, 6.45) is -4.82. The molecular weight excluding hydrogens is 285 g/mol. The van der Waals surface area contributed by atoms with Crippen molar-refractivity contribution in [3.8, 4) is 5.75 Å². The summed E-state index contributed by atoms with van der Waals surface area (Å²) in [4.78, 5) is 0. The second-order valence-electron chi connectivity index (χ2n) is 4.08.